The van der Waals surface area contributed by atoms with Crippen molar-refractivity contribution in [2.75, 3.05) is 19.9 Å². The Morgan fingerprint density at radius 2 is 2.05 bits per heavy atom. The Hall–Kier alpha value is -1.55. The van der Waals surface area contributed by atoms with E-state index >= 15 is 0 Å². The molecule has 0 unspecified atom stereocenters. The van der Waals surface area contributed by atoms with Crippen molar-refractivity contribution < 1.29 is 14.3 Å². The van der Waals surface area contributed by atoms with Crippen molar-refractivity contribution >= 4 is 5.78 Å². The lowest BCUT2D eigenvalue weighted by Gasteiger charge is -2.23. The molecule has 2 aliphatic rings. The van der Waals surface area contributed by atoms with Gasteiger partial charge in [0.2, 0.25) is 6.79 Å². The van der Waals surface area contributed by atoms with Crippen molar-refractivity contribution in [3.8, 4) is 11.5 Å². The van der Waals surface area contributed by atoms with Crippen LogP contribution in [0.5, 0.6) is 11.5 Å². The summed E-state index contributed by atoms with van der Waals surface area (Å²) >= 11 is 0. The number of Topliss-reactive ketones (excluding diaryl/α,β-unsaturated/α-hetero) is 1. The molecule has 0 saturated heterocycles. The maximum atomic E-state index is 12.4. The fourth-order valence-corrected chi connectivity index (χ4v) is 2.60. The molecule has 0 atom stereocenters. The van der Waals surface area contributed by atoms with E-state index in [2.05, 4.69) is 18.7 Å². The second-order valence-electron chi connectivity index (χ2n) is 6.05. The van der Waals surface area contributed by atoms with Crippen LogP contribution in [0.2, 0.25) is 0 Å². The average molecular weight is 275 g/mol. The number of hydrogen-bond acceptors (Lipinski definition) is 4. The van der Waals surface area contributed by atoms with Crippen LogP contribution in [0.3, 0.4) is 0 Å². The summed E-state index contributed by atoms with van der Waals surface area (Å²) in [5, 5.41) is 0. The second-order valence-corrected chi connectivity index (χ2v) is 6.05. The lowest BCUT2D eigenvalue weighted by molar-refractivity contribution is 0.0915. The van der Waals surface area contributed by atoms with E-state index in [0.717, 1.165) is 12.3 Å². The first-order valence-corrected chi connectivity index (χ1v) is 7.30. The number of rotatable bonds is 6. The molecule has 1 aromatic carbocycles. The first-order valence-electron chi connectivity index (χ1n) is 7.30. The molecule has 0 radical (unpaired) electrons. The zero-order valence-electron chi connectivity index (χ0n) is 12.1. The van der Waals surface area contributed by atoms with Crippen LogP contribution in [-0.4, -0.2) is 36.6 Å². The highest BCUT2D eigenvalue weighted by Gasteiger charge is 2.31. The van der Waals surface area contributed by atoms with Crippen LogP contribution in [0.1, 0.15) is 37.0 Å². The molecule has 20 heavy (non-hydrogen) atoms. The van der Waals surface area contributed by atoms with Crippen LogP contribution < -0.4 is 9.47 Å². The summed E-state index contributed by atoms with van der Waals surface area (Å²) in [5.74, 6) is 2.15. The van der Waals surface area contributed by atoms with Gasteiger partial charge in [-0.1, -0.05) is 13.8 Å². The Balaban J connectivity index is 1.68. The molecule has 1 heterocycles. The van der Waals surface area contributed by atoms with Crippen molar-refractivity contribution in [3.05, 3.63) is 23.8 Å². The molecule has 1 aliphatic carbocycles. The molecule has 0 spiro atoms. The van der Waals surface area contributed by atoms with Gasteiger partial charge in [-0.15, -0.1) is 0 Å². The zero-order valence-corrected chi connectivity index (χ0v) is 12.1. The normalized spacial score (nSPS) is 17.0. The van der Waals surface area contributed by atoms with Crippen molar-refractivity contribution in [3.63, 3.8) is 0 Å². The fourth-order valence-electron chi connectivity index (χ4n) is 2.60. The van der Waals surface area contributed by atoms with Crippen LogP contribution in [0.4, 0.5) is 0 Å². The second kappa shape index (κ2) is 5.44. The molecule has 1 saturated carbocycles. The van der Waals surface area contributed by atoms with Gasteiger partial charge < -0.3 is 9.47 Å². The minimum absolute atomic E-state index is 0.163. The Bertz CT molecular complexity index is 508. The summed E-state index contributed by atoms with van der Waals surface area (Å²) in [7, 11) is 0. The third kappa shape index (κ3) is 2.96. The van der Waals surface area contributed by atoms with Gasteiger partial charge in [0.15, 0.2) is 17.3 Å². The third-order valence-corrected chi connectivity index (χ3v) is 3.70. The Morgan fingerprint density at radius 1 is 1.30 bits per heavy atom. The van der Waals surface area contributed by atoms with Gasteiger partial charge in [-0.2, -0.15) is 0 Å². The van der Waals surface area contributed by atoms with Crippen molar-refractivity contribution in [1.29, 1.82) is 0 Å². The Morgan fingerprint density at radius 3 is 2.75 bits per heavy atom. The molecule has 0 amide bonds. The molecular weight excluding hydrogens is 254 g/mol. The number of carbonyl (C=O) groups excluding carboxylic acids is 1. The van der Waals surface area contributed by atoms with E-state index in [-0.39, 0.29) is 12.6 Å². The Kier molecular flexibility index (Phi) is 3.66. The molecule has 4 heteroatoms. The van der Waals surface area contributed by atoms with Crippen molar-refractivity contribution in [2.45, 2.75) is 32.7 Å². The highest BCUT2D eigenvalue weighted by Crippen LogP contribution is 2.33. The van der Waals surface area contributed by atoms with E-state index < -0.39 is 0 Å². The number of hydrogen-bond donors (Lipinski definition) is 0. The number of nitrogens with zero attached hydrogens (tertiary/aromatic N) is 1. The monoisotopic (exact) mass is 275 g/mol. The van der Waals surface area contributed by atoms with E-state index in [1.807, 2.05) is 12.1 Å². The standard InChI is InChI=1S/C16H21NO3/c1-11(2)8-17(13-4-5-13)9-14(18)12-3-6-15-16(7-12)20-10-19-15/h3,6-7,11,13H,4-5,8-10H2,1-2H3. The lowest BCUT2D eigenvalue weighted by Crippen LogP contribution is -2.34. The van der Waals surface area contributed by atoms with E-state index in [4.69, 9.17) is 9.47 Å². The first-order chi connectivity index (χ1) is 9.63. The average Bonchev–Trinajstić information content (AvgIpc) is 3.15. The largest absolute Gasteiger partial charge is 0.454 e. The Labute approximate surface area is 119 Å². The van der Waals surface area contributed by atoms with E-state index in [1.165, 1.54) is 12.8 Å². The maximum absolute atomic E-state index is 12.4. The van der Waals surface area contributed by atoms with Crippen LogP contribution in [0, 0.1) is 5.92 Å². The predicted molar refractivity (Wildman–Crippen MR) is 76.3 cm³/mol. The molecule has 0 aromatic heterocycles. The van der Waals surface area contributed by atoms with Crippen LogP contribution in [0.25, 0.3) is 0 Å². The summed E-state index contributed by atoms with van der Waals surface area (Å²) in [6, 6.07) is 6.05. The highest BCUT2D eigenvalue weighted by molar-refractivity contribution is 5.98. The highest BCUT2D eigenvalue weighted by atomic mass is 16.7. The third-order valence-electron chi connectivity index (χ3n) is 3.70. The van der Waals surface area contributed by atoms with Crippen molar-refractivity contribution in [2.24, 2.45) is 5.92 Å². The van der Waals surface area contributed by atoms with Gasteiger partial charge in [0, 0.05) is 18.2 Å². The summed E-state index contributed by atoms with van der Waals surface area (Å²) in [6.45, 7) is 6.12. The molecule has 0 N–H and O–H groups in total. The number of benzene rings is 1. The summed E-state index contributed by atoms with van der Waals surface area (Å²) < 4.78 is 10.6. The van der Waals surface area contributed by atoms with Gasteiger partial charge >= 0.3 is 0 Å². The maximum Gasteiger partial charge on any atom is 0.231 e. The molecule has 4 nitrogen and oxygen atoms in total. The summed E-state index contributed by atoms with van der Waals surface area (Å²) in [6.07, 6.45) is 2.45. The molecule has 3 rings (SSSR count). The van der Waals surface area contributed by atoms with E-state index in [1.54, 1.807) is 6.07 Å². The topological polar surface area (TPSA) is 38.8 Å². The summed E-state index contributed by atoms with van der Waals surface area (Å²) in [5.41, 5.74) is 0.712. The first kappa shape index (κ1) is 13.4. The van der Waals surface area contributed by atoms with E-state index in [0.29, 0.717) is 29.8 Å². The number of carbonyl (C=O) groups is 1. The quantitative estimate of drug-likeness (QED) is 0.748. The van der Waals surface area contributed by atoms with Gasteiger partial charge in [-0.3, -0.25) is 9.69 Å². The van der Waals surface area contributed by atoms with Gasteiger partial charge in [0.1, 0.15) is 0 Å². The van der Waals surface area contributed by atoms with Crippen molar-refractivity contribution in [1.82, 2.24) is 4.90 Å². The van der Waals surface area contributed by atoms with Crippen LogP contribution in [-0.2, 0) is 0 Å². The SMILES string of the molecule is CC(C)CN(CC(=O)c1ccc2c(c1)OCO2)C1CC1. The van der Waals surface area contributed by atoms with Crippen LogP contribution >= 0.6 is 0 Å². The van der Waals surface area contributed by atoms with Crippen LogP contribution in [0.15, 0.2) is 18.2 Å². The van der Waals surface area contributed by atoms with Gasteiger partial charge in [0.25, 0.3) is 0 Å². The molecule has 1 aliphatic heterocycles. The predicted octanol–water partition coefficient (Wildman–Crippen LogP) is 2.72. The smallest absolute Gasteiger partial charge is 0.231 e. The van der Waals surface area contributed by atoms with Gasteiger partial charge in [-0.25, -0.2) is 0 Å². The lowest BCUT2D eigenvalue weighted by atomic mass is 10.1. The molecular formula is C16H21NO3. The molecule has 1 fully saturated rings. The minimum atomic E-state index is 0.163. The molecule has 0 bridgehead atoms. The van der Waals surface area contributed by atoms with Gasteiger partial charge in [-0.05, 0) is 37.0 Å². The number of fused-ring (bicyclic) bond motifs is 1. The van der Waals surface area contributed by atoms with Gasteiger partial charge in [0.05, 0.1) is 6.54 Å². The number of ether oxygens (including phenoxy) is 2. The molecule has 108 valence electrons. The molecule has 1 aromatic rings. The minimum Gasteiger partial charge on any atom is -0.454 e. The summed E-state index contributed by atoms with van der Waals surface area (Å²) in [4.78, 5) is 14.7. The number of ketones is 1. The van der Waals surface area contributed by atoms with E-state index in [9.17, 15) is 4.79 Å². The zero-order chi connectivity index (χ0) is 14.1. The fraction of sp³-hybridized carbons (Fsp3) is 0.562.